The summed E-state index contributed by atoms with van der Waals surface area (Å²) in [5, 5.41) is 4.54. The van der Waals surface area contributed by atoms with E-state index in [9.17, 15) is 0 Å². The molecule has 0 amide bonds. The molecule has 4 nitrogen and oxygen atoms in total. The molecular formula is C47H31N3O. The predicted molar refractivity (Wildman–Crippen MR) is 211 cm³/mol. The van der Waals surface area contributed by atoms with Gasteiger partial charge in [0.25, 0.3) is 0 Å². The van der Waals surface area contributed by atoms with Gasteiger partial charge in [-0.15, -0.1) is 0 Å². The normalized spacial score (nSPS) is 11.5. The van der Waals surface area contributed by atoms with E-state index in [0.717, 1.165) is 55.7 Å². The highest BCUT2D eigenvalue weighted by Crippen LogP contribution is 2.45. The molecule has 0 saturated carbocycles. The monoisotopic (exact) mass is 653 g/mol. The lowest BCUT2D eigenvalue weighted by molar-refractivity contribution is 0.620. The van der Waals surface area contributed by atoms with Gasteiger partial charge in [0.05, 0.1) is 16.7 Å². The fourth-order valence-corrected chi connectivity index (χ4v) is 7.44. The van der Waals surface area contributed by atoms with Crippen molar-refractivity contribution in [3.63, 3.8) is 0 Å². The Kier molecular flexibility index (Phi) is 6.78. The van der Waals surface area contributed by atoms with Crippen LogP contribution in [0.15, 0.2) is 192 Å². The van der Waals surface area contributed by atoms with E-state index in [-0.39, 0.29) is 0 Å². The summed E-state index contributed by atoms with van der Waals surface area (Å²) < 4.78 is 8.90. The molecule has 51 heavy (non-hydrogen) atoms. The second-order valence-electron chi connectivity index (χ2n) is 12.8. The summed E-state index contributed by atoms with van der Waals surface area (Å²) in [6.45, 7) is 0. The first-order valence-corrected chi connectivity index (χ1v) is 17.2. The standard InChI is InChI=1S/C47H31N3O/c1-4-14-32(15-5-1)33-24-26-36(27-25-33)49(37-28-29-43-41(30-37)39-21-12-13-23-42(39)50(43)35-18-8-3-9-19-35)44-31-45-46(40-22-11-10-20-38(40)44)48-47(51-45)34-16-6-2-7-17-34/h1-31H. The molecule has 0 aliphatic heterocycles. The highest BCUT2D eigenvalue weighted by Gasteiger charge is 2.22. The van der Waals surface area contributed by atoms with Crippen LogP contribution >= 0.6 is 0 Å². The van der Waals surface area contributed by atoms with Gasteiger partial charge in [-0.2, -0.15) is 0 Å². The second-order valence-corrected chi connectivity index (χ2v) is 12.8. The van der Waals surface area contributed by atoms with E-state index in [1.165, 1.54) is 27.4 Å². The van der Waals surface area contributed by atoms with Crippen molar-refractivity contribution in [2.75, 3.05) is 4.90 Å². The van der Waals surface area contributed by atoms with Crippen LogP contribution in [-0.2, 0) is 0 Å². The molecule has 2 heterocycles. The van der Waals surface area contributed by atoms with E-state index in [4.69, 9.17) is 9.40 Å². The van der Waals surface area contributed by atoms with Gasteiger partial charge in [-0.05, 0) is 71.8 Å². The molecule has 0 fully saturated rings. The topological polar surface area (TPSA) is 34.2 Å². The molecular weight excluding hydrogens is 623 g/mol. The Morgan fingerprint density at radius 1 is 0.431 bits per heavy atom. The van der Waals surface area contributed by atoms with E-state index in [0.29, 0.717) is 5.89 Å². The molecule has 0 aliphatic carbocycles. The van der Waals surface area contributed by atoms with E-state index in [2.05, 4.69) is 167 Å². The summed E-state index contributed by atoms with van der Waals surface area (Å²) in [4.78, 5) is 7.38. The van der Waals surface area contributed by atoms with Gasteiger partial charge in [-0.1, -0.05) is 121 Å². The number of benzene rings is 8. The van der Waals surface area contributed by atoms with E-state index < -0.39 is 0 Å². The maximum Gasteiger partial charge on any atom is 0.227 e. The van der Waals surface area contributed by atoms with E-state index in [1.54, 1.807) is 0 Å². The number of aromatic nitrogens is 2. The number of para-hydroxylation sites is 2. The van der Waals surface area contributed by atoms with Gasteiger partial charge in [0, 0.05) is 50.2 Å². The molecule has 240 valence electrons. The fraction of sp³-hybridized carbons (Fsp3) is 0. The SMILES string of the molecule is c1ccc(-c2ccc(N(c3ccc4c(c3)c3ccccc3n4-c3ccccc3)c3cc4oc(-c5ccccc5)nc4c4ccccc34)cc2)cc1. The van der Waals surface area contributed by atoms with Gasteiger partial charge in [0.15, 0.2) is 5.58 Å². The predicted octanol–water partition coefficient (Wildman–Crippen LogP) is 12.9. The van der Waals surface area contributed by atoms with Crippen LogP contribution in [-0.4, -0.2) is 9.55 Å². The van der Waals surface area contributed by atoms with Crippen molar-refractivity contribution in [2.24, 2.45) is 0 Å². The van der Waals surface area contributed by atoms with Crippen molar-refractivity contribution in [1.29, 1.82) is 0 Å². The molecule has 0 spiro atoms. The van der Waals surface area contributed by atoms with Crippen LogP contribution in [0.3, 0.4) is 0 Å². The molecule has 0 saturated heterocycles. The highest BCUT2D eigenvalue weighted by molar-refractivity contribution is 6.14. The minimum absolute atomic E-state index is 0.613. The summed E-state index contributed by atoms with van der Waals surface area (Å²) in [6, 6.07) is 66.2. The van der Waals surface area contributed by atoms with Crippen LogP contribution in [0.25, 0.3) is 71.9 Å². The number of fused-ring (bicyclic) bond motifs is 6. The summed E-state index contributed by atoms with van der Waals surface area (Å²) in [5.41, 5.74) is 11.5. The van der Waals surface area contributed by atoms with Crippen LogP contribution in [0, 0.1) is 0 Å². The fourth-order valence-electron chi connectivity index (χ4n) is 7.44. The molecule has 0 atom stereocenters. The first-order chi connectivity index (χ1) is 25.3. The van der Waals surface area contributed by atoms with Crippen molar-refractivity contribution in [3.8, 4) is 28.3 Å². The summed E-state index contributed by atoms with van der Waals surface area (Å²) in [6.07, 6.45) is 0. The Morgan fingerprint density at radius 2 is 1.00 bits per heavy atom. The summed E-state index contributed by atoms with van der Waals surface area (Å²) in [5.74, 6) is 0.613. The van der Waals surface area contributed by atoms with Crippen LogP contribution in [0.4, 0.5) is 17.1 Å². The quantitative estimate of drug-likeness (QED) is 0.179. The molecule has 0 bridgehead atoms. The molecule has 4 heteroatoms. The lowest BCUT2D eigenvalue weighted by Gasteiger charge is -2.27. The minimum Gasteiger partial charge on any atom is -0.436 e. The largest absolute Gasteiger partial charge is 0.436 e. The van der Waals surface area contributed by atoms with E-state index >= 15 is 0 Å². The Labute approximate surface area is 295 Å². The Bertz CT molecular complexity index is 2840. The Balaban J connectivity index is 1.23. The van der Waals surface area contributed by atoms with Crippen molar-refractivity contribution >= 4 is 60.7 Å². The third-order valence-electron chi connectivity index (χ3n) is 9.80. The highest BCUT2D eigenvalue weighted by atomic mass is 16.3. The van der Waals surface area contributed by atoms with Crippen molar-refractivity contribution < 1.29 is 4.42 Å². The summed E-state index contributed by atoms with van der Waals surface area (Å²) >= 11 is 0. The number of nitrogens with zero attached hydrogens (tertiary/aromatic N) is 3. The molecule has 10 rings (SSSR count). The van der Waals surface area contributed by atoms with Crippen LogP contribution in [0.2, 0.25) is 0 Å². The van der Waals surface area contributed by atoms with Gasteiger partial charge in [-0.3, -0.25) is 0 Å². The average Bonchev–Trinajstić information content (AvgIpc) is 3.79. The van der Waals surface area contributed by atoms with Crippen molar-refractivity contribution in [3.05, 3.63) is 188 Å². The summed E-state index contributed by atoms with van der Waals surface area (Å²) in [7, 11) is 0. The molecule has 0 unspecified atom stereocenters. The molecule has 2 aromatic heterocycles. The zero-order valence-corrected chi connectivity index (χ0v) is 27.6. The zero-order chi connectivity index (χ0) is 33.7. The van der Waals surface area contributed by atoms with Gasteiger partial charge in [-0.25, -0.2) is 4.98 Å². The average molecular weight is 654 g/mol. The third kappa shape index (κ3) is 4.88. The van der Waals surface area contributed by atoms with Crippen molar-refractivity contribution in [2.45, 2.75) is 0 Å². The number of oxazole rings is 1. The third-order valence-corrected chi connectivity index (χ3v) is 9.80. The number of rotatable bonds is 6. The Hall–Kier alpha value is -6.91. The van der Waals surface area contributed by atoms with Gasteiger partial charge < -0.3 is 13.9 Å². The molecule has 8 aromatic carbocycles. The first-order valence-electron chi connectivity index (χ1n) is 17.2. The molecule has 0 radical (unpaired) electrons. The molecule has 10 aromatic rings. The number of hydrogen-bond acceptors (Lipinski definition) is 3. The Morgan fingerprint density at radius 3 is 1.75 bits per heavy atom. The number of hydrogen-bond donors (Lipinski definition) is 0. The lowest BCUT2D eigenvalue weighted by Crippen LogP contribution is -2.10. The minimum atomic E-state index is 0.613. The second kappa shape index (κ2) is 11.9. The van der Waals surface area contributed by atoms with Gasteiger partial charge in [0.1, 0.15) is 5.52 Å². The van der Waals surface area contributed by atoms with Crippen LogP contribution in [0.1, 0.15) is 0 Å². The van der Waals surface area contributed by atoms with Crippen molar-refractivity contribution in [1.82, 2.24) is 9.55 Å². The van der Waals surface area contributed by atoms with Gasteiger partial charge >= 0.3 is 0 Å². The smallest absolute Gasteiger partial charge is 0.227 e. The molecule has 0 aliphatic rings. The maximum absolute atomic E-state index is 6.54. The zero-order valence-electron chi connectivity index (χ0n) is 27.6. The first kappa shape index (κ1) is 29.0. The van der Waals surface area contributed by atoms with E-state index in [1.807, 2.05) is 30.3 Å². The lowest BCUT2D eigenvalue weighted by atomic mass is 10.0. The molecule has 0 N–H and O–H groups in total. The van der Waals surface area contributed by atoms with Crippen LogP contribution < -0.4 is 4.90 Å². The van der Waals surface area contributed by atoms with Crippen LogP contribution in [0.5, 0.6) is 0 Å². The maximum atomic E-state index is 6.54. The van der Waals surface area contributed by atoms with Gasteiger partial charge in [0.2, 0.25) is 5.89 Å². The number of anilines is 3.